The molecule has 0 spiro atoms. The van der Waals surface area contributed by atoms with Gasteiger partial charge in [0, 0.05) is 4.88 Å². The average molecular weight is 391 g/mol. The van der Waals surface area contributed by atoms with Crippen LogP contribution in [0.5, 0.6) is 0 Å². The number of rotatable bonds is 5. The number of carboxylic acid groups (broad SMARTS) is 1. The third-order valence-electron chi connectivity index (χ3n) is 6.39. The van der Waals surface area contributed by atoms with Crippen molar-refractivity contribution in [3.8, 4) is 0 Å². The number of aryl methyl sites for hydroxylation is 1. The van der Waals surface area contributed by atoms with Crippen LogP contribution in [0, 0.1) is 23.7 Å². The van der Waals surface area contributed by atoms with Crippen LogP contribution in [0.3, 0.4) is 0 Å². The molecule has 0 saturated heterocycles. The number of amides is 1. The Labute approximate surface area is 162 Å². The largest absolute Gasteiger partial charge is 0.481 e. The number of carbonyl (C=O) groups is 3. The maximum Gasteiger partial charge on any atom is 0.341 e. The minimum absolute atomic E-state index is 0.101. The fraction of sp³-hybridized carbons (Fsp3) is 0.650. The normalized spacial score (nSPS) is 28.6. The minimum atomic E-state index is -0.876. The van der Waals surface area contributed by atoms with E-state index < -0.39 is 23.8 Å². The van der Waals surface area contributed by atoms with Crippen molar-refractivity contribution in [3.05, 3.63) is 16.0 Å². The molecule has 0 aromatic carbocycles. The lowest BCUT2D eigenvalue weighted by atomic mass is 9.78. The summed E-state index contributed by atoms with van der Waals surface area (Å²) in [6.45, 7) is 2.05. The first-order chi connectivity index (χ1) is 13.0. The number of nitrogens with one attached hydrogen (secondary N) is 1. The van der Waals surface area contributed by atoms with E-state index in [1.807, 2.05) is 0 Å². The number of hydrogen-bond donors (Lipinski definition) is 2. The van der Waals surface area contributed by atoms with Crippen molar-refractivity contribution in [2.24, 2.45) is 23.7 Å². The molecule has 4 atom stereocenters. The van der Waals surface area contributed by atoms with Crippen LogP contribution >= 0.6 is 11.3 Å². The van der Waals surface area contributed by atoms with Gasteiger partial charge in [-0.05, 0) is 69.3 Å². The number of anilines is 1. The lowest BCUT2D eigenvalue weighted by Crippen LogP contribution is -2.38. The van der Waals surface area contributed by atoms with E-state index in [2.05, 4.69) is 5.32 Å². The van der Waals surface area contributed by atoms with Gasteiger partial charge in [-0.1, -0.05) is 0 Å². The molecule has 27 heavy (non-hydrogen) atoms. The van der Waals surface area contributed by atoms with Crippen LogP contribution < -0.4 is 5.32 Å². The minimum Gasteiger partial charge on any atom is -0.481 e. The van der Waals surface area contributed by atoms with Crippen molar-refractivity contribution in [1.82, 2.24) is 0 Å². The van der Waals surface area contributed by atoms with Crippen LogP contribution in [0.15, 0.2) is 0 Å². The molecule has 3 aliphatic carbocycles. The summed E-state index contributed by atoms with van der Waals surface area (Å²) in [5.41, 5.74) is 1.49. The van der Waals surface area contributed by atoms with E-state index in [-0.39, 0.29) is 24.3 Å². The molecule has 7 heteroatoms. The predicted molar refractivity (Wildman–Crippen MR) is 101 cm³/mol. The van der Waals surface area contributed by atoms with Crippen LogP contribution in [0.25, 0.3) is 0 Å². The maximum atomic E-state index is 13.0. The number of ether oxygens (including phenoxy) is 1. The molecule has 1 aromatic rings. The second kappa shape index (κ2) is 7.26. The zero-order valence-corrected chi connectivity index (χ0v) is 16.3. The summed E-state index contributed by atoms with van der Waals surface area (Å²) in [7, 11) is 0. The first-order valence-corrected chi connectivity index (χ1v) is 10.7. The zero-order valence-electron chi connectivity index (χ0n) is 15.5. The smallest absolute Gasteiger partial charge is 0.341 e. The molecule has 2 N–H and O–H groups in total. The van der Waals surface area contributed by atoms with Crippen molar-refractivity contribution in [2.45, 2.75) is 51.9 Å². The quantitative estimate of drug-likeness (QED) is 0.750. The van der Waals surface area contributed by atoms with Gasteiger partial charge in [0.1, 0.15) is 5.00 Å². The number of fused-ring (bicyclic) bond motifs is 3. The zero-order chi connectivity index (χ0) is 19.1. The van der Waals surface area contributed by atoms with Crippen molar-refractivity contribution in [1.29, 1.82) is 0 Å². The van der Waals surface area contributed by atoms with Gasteiger partial charge in [0.05, 0.1) is 24.0 Å². The number of hydrogen-bond acceptors (Lipinski definition) is 5. The second-order valence-corrected chi connectivity index (χ2v) is 8.95. The fourth-order valence-corrected chi connectivity index (χ4v) is 6.57. The van der Waals surface area contributed by atoms with Gasteiger partial charge < -0.3 is 15.2 Å². The van der Waals surface area contributed by atoms with Crippen LogP contribution in [0.1, 0.15) is 59.8 Å². The molecule has 0 radical (unpaired) electrons. The van der Waals surface area contributed by atoms with Crippen molar-refractivity contribution >= 4 is 34.2 Å². The Morgan fingerprint density at radius 3 is 2.56 bits per heavy atom. The molecule has 2 bridgehead atoms. The Hall–Kier alpha value is -1.89. The molecule has 0 aliphatic heterocycles. The number of thiophene rings is 1. The highest BCUT2D eigenvalue weighted by molar-refractivity contribution is 7.17. The van der Waals surface area contributed by atoms with Crippen molar-refractivity contribution in [2.75, 3.05) is 11.9 Å². The standard InChI is InChI=1S/C20H25NO5S/c1-2-26-20(25)16-12-5-3-4-6-13(12)27-18(16)21-17(22)14-10-7-8-11(9-10)15(14)19(23)24/h10-11,14-15H,2-9H2,1H3,(H,21,22)(H,23,24)/t10-,11-,14-,15+/m0/s1. The predicted octanol–water partition coefficient (Wildman–Crippen LogP) is 3.49. The Balaban J connectivity index is 1.62. The van der Waals surface area contributed by atoms with Crippen molar-refractivity contribution in [3.63, 3.8) is 0 Å². The number of esters is 1. The molecule has 1 aromatic heterocycles. The monoisotopic (exact) mass is 391 g/mol. The van der Waals surface area contributed by atoms with Gasteiger partial charge in [0.2, 0.25) is 5.91 Å². The molecule has 1 amide bonds. The molecule has 146 valence electrons. The van der Waals surface area contributed by atoms with Gasteiger partial charge in [0.25, 0.3) is 0 Å². The van der Waals surface area contributed by atoms with E-state index in [1.165, 1.54) is 11.3 Å². The van der Waals surface area contributed by atoms with Gasteiger partial charge in [0.15, 0.2) is 0 Å². The molecule has 2 fully saturated rings. The second-order valence-electron chi connectivity index (χ2n) is 7.85. The third-order valence-corrected chi connectivity index (χ3v) is 7.60. The molecule has 4 rings (SSSR count). The molecule has 0 unspecified atom stereocenters. The molecule has 6 nitrogen and oxygen atoms in total. The topological polar surface area (TPSA) is 92.7 Å². The highest BCUT2D eigenvalue weighted by Gasteiger charge is 2.54. The number of aliphatic carboxylic acids is 1. The van der Waals surface area contributed by atoms with Gasteiger partial charge in [-0.15, -0.1) is 11.3 Å². The Morgan fingerprint density at radius 1 is 1.15 bits per heavy atom. The number of carboxylic acids is 1. The Kier molecular flexibility index (Phi) is 4.97. The molecule has 3 aliphatic rings. The van der Waals surface area contributed by atoms with E-state index in [0.717, 1.165) is 55.4 Å². The highest BCUT2D eigenvalue weighted by atomic mass is 32.1. The third kappa shape index (κ3) is 3.16. The van der Waals surface area contributed by atoms with Crippen LogP contribution in [0.4, 0.5) is 5.00 Å². The lowest BCUT2D eigenvalue weighted by molar-refractivity contribution is -0.148. The van der Waals surface area contributed by atoms with Crippen LogP contribution in [0.2, 0.25) is 0 Å². The highest BCUT2D eigenvalue weighted by Crippen LogP contribution is 2.53. The summed E-state index contributed by atoms with van der Waals surface area (Å²) in [4.78, 5) is 38.5. The summed E-state index contributed by atoms with van der Waals surface area (Å²) in [6.07, 6.45) is 6.47. The lowest BCUT2D eigenvalue weighted by Gasteiger charge is -2.26. The van der Waals surface area contributed by atoms with E-state index in [1.54, 1.807) is 6.92 Å². The van der Waals surface area contributed by atoms with Crippen molar-refractivity contribution < 1.29 is 24.2 Å². The Bertz CT molecular complexity index is 786. The van der Waals surface area contributed by atoms with Gasteiger partial charge >= 0.3 is 11.9 Å². The Morgan fingerprint density at radius 2 is 1.85 bits per heavy atom. The van der Waals surface area contributed by atoms with E-state index >= 15 is 0 Å². The fourth-order valence-electron chi connectivity index (χ4n) is 5.29. The molecular weight excluding hydrogens is 366 g/mol. The first-order valence-electron chi connectivity index (χ1n) is 9.86. The first kappa shape index (κ1) is 18.5. The van der Waals surface area contributed by atoms with Crippen LogP contribution in [-0.4, -0.2) is 29.6 Å². The van der Waals surface area contributed by atoms with E-state index in [0.29, 0.717) is 10.6 Å². The summed E-state index contributed by atoms with van der Waals surface area (Å²) in [6, 6.07) is 0. The maximum absolute atomic E-state index is 13.0. The van der Waals surface area contributed by atoms with Crippen LogP contribution in [-0.2, 0) is 27.2 Å². The summed E-state index contributed by atoms with van der Waals surface area (Å²) >= 11 is 1.45. The van der Waals surface area contributed by atoms with Gasteiger partial charge in [-0.3, -0.25) is 9.59 Å². The summed E-state index contributed by atoms with van der Waals surface area (Å²) < 4.78 is 5.23. The number of carbonyl (C=O) groups excluding carboxylic acids is 2. The molecule has 2 saturated carbocycles. The summed E-state index contributed by atoms with van der Waals surface area (Å²) in [5.74, 6) is -2.40. The average Bonchev–Trinajstić information content (AvgIpc) is 3.33. The molecule has 1 heterocycles. The summed E-state index contributed by atoms with van der Waals surface area (Å²) in [5, 5.41) is 13.1. The van der Waals surface area contributed by atoms with Gasteiger partial charge in [-0.25, -0.2) is 4.79 Å². The SMILES string of the molecule is CCOC(=O)c1c(NC(=O)[C@H]2[C@H]3CC[C@@H](C3)[C@H]2C(=O)O)sc2c1CCCC2. The van der Waals surface area contributed by atoms with E-state index in [9.17, 15) is 19.5 Å². The van der Waals surface area contributed by atoms with E-state index in [4.69, 9.17) is 4.74 Å². The van der Waals surface area contributed by atoms with Gasteiger partial charge in [-0.2, -0.15) is 0 Å². The molecular formula is C20H25NO5S.